The number of nitrogens with one attached hydrogen (secondary N) is 1. The van der Waals surface area contributed by atoms with Crippen LogP contribution in [-0.4, -0.2) is 11.4 Å². The second kappa shape index (κ2) is 4.45. The van der Waals surface area contributed by atoms with Crippen LogP contribution in [0.1, 0.15) is 24.2 Å². The van der Waals surface area contributed by atoms with Gasteiger partial charge in [0.15, 0.2) is 17.5 Å². The smallest absolute Gasteiger partial charge is 0.252 e. The van der Waals surface area contributed by atoms with Crippen LogP contribution in [-0.2, 0) is 0 Å². The van der Waals surface area contributed by atoms with Gasteiger partial charge in [0.2, 0.25) is 0 Å². The van der Waals surface area contributed by atoms with Gasteiger partial charge in [-0.3, -0.25) is 4.79 Å². The van der Waals surface area contributed by atoms with Gasteiger partial charge in [-0.15, -0.1) is 0 Å². The average molecular weight is 242 g/mol. The van der Waals surface area contributed by atoms with E-state index in [9.17, 15) is 18.0 Å². The summed E-state index contributed by atoms with van der Waals surface area (Å²) >= 11 is 0. The molecule has 0 aliphatic carbocycles. The SMILES string of the molecule is CC(C)(C#N)NC(=O)c1cc(F)c(F)c(F)c1. The van der Waals surface area contributed by atoms with Crippen molar-refractivity contribution >= 4 is 5.91 Å². The van der Waals surface area contributed by atoms with Gasteiger partial charge in [0, 0.05) is 5.56 Å². The Kier molecular flexibility index (Phi) is 3.42. The summed E-state index contributed by atoms with van der Waals surface area (Å²) in [4.78, 5) is 11.5. The summed E-state index contributed by atoms with van der Waals surface area (Å²) in [6.07, 6.45) is 0. The van der Waals surface area contributed by atoms with Crippen LogP contribution in [0.25, 0.3) is 0 Å². The van der Waals surface area contributed by atoms with Gasteiger partial charge in [0.05, 0.1) is 6.07 Å². The van der Waals surface area contributed by atoms with Crippen LogP contribution in [0.3, 0.4) is 0 Å². The quantitative estimate of drug-likeness (QED) is 0.808. The predicted molar refractivity (Wildman–Crippen MR) is 53.5 cm³/mol. The molecule has 1 N–H and O–H groups in total. The fraction of sp³-hybridized carbons (Fsp3) is 0.273. The van der Waals surface area contributed by atoms with E-state index in [1.54, 1.807) is 6.07 Å². The highest BCUT2D eigenvalue weighted by Gasteiger charge is 2.22. The van der Waals surface area contributed by atoms with Gasteiger partial charge < -0.3 is 5.32 Å². The molecule has 3 nitrogen and oxygen atoms in total. The van der Waals surface area contributed by atoms with Gasteiger partial charge in [0.1, 0.15) is 5.54 Å². The minimum absolute atomic E-state index is 0.385. The molecule has 1 amide bonds. The zero-order chi connectivity index (χ0) is 13.2. The van der Waals surface area contributed by atoms with E-state index in [4.69, 9.17) is 5.26 Å². The Hall–Kier alpha value is -2.03. The third-order valence-corrected chi connectivity index (χ3v) is 1.95. The number of hydrogen-bond acceptors (Lipinski definition) is 2. The molecule has 0 atom stereocenters. The first-order valence-corrected chi connectivity index (χ1v) is 4.65. The molecule has 90 valence electrons. The molecule has 0 aromatic heterocycles. The molecule has 0 unspecified atom stereocenters. The molecule has 0 heterocycles. The first-order chi connectivity index (χ1) is 7.76. The normalized spacial score (nSPS) is 10.8. The van der Waals surface area contributed by atoms with Crippen molar-refractivity contribution in [2.75, 3.05) is 0 Å². The second-order valence-corrected chi connectivity index (χ2v) is 3.94. The molecule has 0 bridgehead atoms. The van der Waals surface area contributed by atoms with Crippen molar-refractivity contribution in [3.05, 3.63) is 35.1 Å². The van der Waals surface area contributed by atoms with Crippen molar-refractivity contribution in [1.29, 1.82) is 5.26 Å². The zero-order valence-corrected chi connectivity index (χ0v) is 9.14. The lowest BCUT2D eigenvalue weighted by Gasteiger charge is -2.17. The van der Waals surface area contributed by atoms with Gasteiger partial charge in [-0.1, -0.05) is 0 Å². The zero-order valence-electron chi connectivity index (χ0n) is 9.14. The number of rotatable bonds is 2. The van der Waals surface area contributed by atoms with Crippen LogP contribution in [0.15, 0.2) is 12.1 Å². The summed E-state index contributed by atoms with van der Waals surface area (Å²) in [5, 5.41) is 10.9. The summed E-state index contributed by atoms with van der Waals surface area (Å²) in [5.41, 5.74) is -1.57. The monoisotopic (exact) mass is 242 g/mol. The summed E-state index contributed by atoms with van der Waals surface area (Å²) in [6.45, 7) is 2.84. The molecule has 1 rings (SSSR count). The van der Waals surface area contributed by atoms with Crippen LogP contribution in [0.5, 0.6) is 0 Å². The molecule has 1 aromatic rings. The summed E-state index contributed by atoms with van der Waals surface area (Å²) in [7, 11) is 0. The van der Waals surface area contributed by atoms with Crippen LogP contribution < -0.4 is 5.32 Å². The molecule has 6 heteroatoms. The van der Waals surface area contributed by atoms with E-state index in [2.05, 4.69) is 5.32 Å². The van der Waals surface area contributed by atoms with Gasteiger partial charge in [0.25, 0.3) is 5.91 Å². The number of carbonyl (C=O) groups is 1. The molecule has 0 spiro atoms. The Morgan fingerprint density at radius 1 is 1.29 bits per heavy atom. The molecule has 0 radical (unpaired) electrons. The van der Waals surface area contributed by atoms with E-state index in [-0.39, 0.29) is 5.56 Å². The average Bonchev–Trinajstić information content (AvgIpc) is 2.24. The number of amides is 1. The van der Waals surface area contributed by atoms with Crippen molar-refractivity contribution in [3.8, 4) is 6.07 Å². The highest BCUT2D eigenvalue weighted by Crippen LogP contribution is 2.14. The lowest BCUT2D eigenvalue weighted by molar-refractivity contribution is 0.0928. The molecular formula is C11H9F3N2O. The highest BCUT2D eigenvalue weighted by molar-refractivity contribution is 5.94. The minimum atomic E-state index is -1.64. The van der Waals surface area contributed by atoms with E-state index < -0.39 is 28.9 Å². The molecule has 0 saturated carbocycles. The number of nitrogens with zero attached hydrogens (tertiary/aromatic N) is 1. The van der Waals surface area contributed by atoms with Crippen molar-refractivity contribution in [2.45, 2.75) is 19.4 Å². The minimum Gasteiger partial charge on any atom is -0.334 e. The molecule has 0 aliphatic heterocycles. The van der Waals surface area contributed by atoms with E-state index in [1.165, 1.54) is 13.8 Å². The first-order valence-electron chi connectivity index (χ1n) is 4.65. The number of benzene rings is 1. The van der Waals surface area contributed by atoms with Crippen LogP contribution in [0.2, 0.25) is 0 Å². The fourth-order valence-electron chi connectivity index (χ4n) is 1.07. The van der Waals surface area contributed by atoms with E-state index in [1.807, 2.05) is 0 Å². The van der Waals surface area contributed by atoms with E-state index >= 15 is 0 Å². The van der Waals surface area contributed by atoms with Crippen molar-refractivity contribution < 1.29 is 18.0 Å². The van der Waals surface area contributed by atoms with Crippen LogP contribution in [0.4, 0.5) is 13.2 Å². The van der Waals surface area contributed by atoms with Gasteiger partial charge in [-0.2, -0.15) is 5.26 Å². The maximum atomic E-state index is 12.9. The molecular weight excluding hydrogens is 233 g/mol. The molecule has 0 aliphatic rings. The topological polar surface area (TPSA) is 52.9 Å². The van der Waals surface area contributed by atoms with E-state index in [0.717, 1.165) is 0 Å². The third kappa shape index (κ3) is 2.97. The highest BCUT2D eigenvalue weighted by atomic mass is 19.2. The van der Waals surface area contributed by atoms with Crippen molar-refractivity contribution in [3.63, 3.8) is 0 Å². The first kappa shape index (κ1) is 13.0. The number of nitriles is 1. The van der Waals surface area contributed by atoms with E-state index in [0.29, 0.717) is 12.1 Å². The lowest BCUT2D eigenvalue weighted by Crippen LogP contribution is -2.42. The van der Waals surface area contributed by atoms with Gasteiger partial charge >= 0.3 is 0 Å². The third-order valence-electron chi connectivity index (χ3n) is 1.95. The Balaban J connectivity index is 3.03. The largest absolute Gasteiger partial charge is 0.334 e. The summed E-state index contributed by atoms with van der Waals surface area (Å²) in [5.74, 6) is -5.40. The maximum absolute atomic E-state index is 12.9. The standard InChI is InChI=1S/C11H9F3N2O/c1-11(2,5-15)16-10(17)6-3-7(12)9(14)8(13)4-6/h3-4H,1-2H3,(H,16,17). The summed E-state index contributed by atoms with van der Waals surface area (Å²) in [6, 6.07) is 2.93. The molecule has 17 heavy (non-hydrogen) atoms. The van der Waals surface area contributed by atoms with Crippen molar-refractivity contribution in [2.24, 2.45) is 0 Å². The van der Waals surface area contributed by atoms with Gasteiger partial charge in [-0.05, 0) is 26.0 Å². The Labute approximate surface area is 95.9 Å². The maximum Gasteiger partial charge on any atom is 0.252 e. The summed E-state index contributed by atoms with van der Waals surface area (Å²) < 4.78 is 38.4. The molecule has 1 aromatic carbocycles. The number of hydrogen-bond donors (Lipinski definition) is 1. The Morgan fingerprint density at radius 3 is 2.18 bits per heavy atom. The second-order valence-electron chi connectivity index (χ2n) is 3.94. The van der Waals surface area contributed by atoms with Crippen molar-refractivity contribution in [1.82, 2.24) is 5.32 Å². The molecule has 0 saturated heterocycles. The Bertz CT molecular complexity index is 483. The van der Waals surface area contributed by atoms with Gasteiger partial charge in [-0.25, -0.2) is 13.2 Å². The van der Waals surface area contributed by atoms with Crippen LogP contribution in [0, 0.1) is 28.8 Å². The lowest BCUT2D eigenvalue weighted by atomic mass is 10.1. The molecule has 0 fully saturated rings. The number of halogens is 3. The fourth-order valence-corrected chi connectivity index (χ4v) is 1.07. The van der Waals surface area contributed by atoms with Crippen LogP contribution >= 0.6 is 0 Å². The Morgan fingerprint density at radius 2 is 1.76 bits per heavy atom. The number of carbonyl (C=O) groups excluding carboxylic acids is 1. The predicted octanol–water partition coefficient (Wildman–Crippen LogP) is 2.14.